The third-order valence-electron chi connectivity index (χ3n) is 6.38. The number of aromatic nitrogens is 3. The second kappa shape index (κ2) is 12.1. The van der Waals surface area contributed by atoms with Gasteiger partial charge in [-0.15, -0.1) is 0 Å². The fourth-order valence-electron chi connectivity index (χ4n) is 4.76. The molecule has 0 spiro atoms. The first kappa shape index (κ1) is 26.7. The fourth-order valence-corrected chi connectivity index (χ4v) is 6.02. The maximum Gasteiger partial charge on any atom is 0.306 e. The molecule has 0 aliphatic heterocycles. The van der Waals surface area contributed by atoms with Crippen LogP contribution in [0.5, 0.6) is 0 Å². The molecule has 3 aliphatic carbocycles. The lowest BCUT2D eigenvalue weighted by atomic mass is 9.65. The normalized spacial score (nSPS) is 20.7. The molecule has 184 valence electrons. The maximum atomic E-state index is 13.5. The number of fused-ring (bicyclic) bond motifs is 4. The molecule has 3 fully saturated rings. The Balaban J connectivity index is 0.000000209. The molecule has 0 amide bonds. The molecule has 2 N–H and O–H groups in total. The van der Waals surface area contributed by atoms with Crippen molar-refractivity contribution >= 4 is 53.1 Å². The van der Waals surface area contributed by atoms with Gasteiger partial charge in [0.2, 0.25) is 0 Å². The van der Waals surface area contributed by atoms with Crippen LogP contribution in [0.25, 0.3) is 22.3 Å². The summed E-state index contributed by atoms with van der Waals surface area (Å²) in [5, 5.41) is 12.2. The summed E-state index contributed by atoms with van der Waals surface area (Å²) >= 11 is 2.12. The van der Waals surface area contributed by atoms with Crippen LogP contribution in [0.1, 0.15) is 46.0 Å². The number of hydrogen-bond acceptors (Lipinski definition) is 5. The average molecular weight is 602 g/mol. The van der Waals surface area contributed by atoms with Crippen LogP contribution >= 0.6 is 30.3 Å². The van der Waals surface area contributed by atoms with Crippen molar-refractivity contribution in [1.29, 1.82) is 0 Å². The number of rotatable bonds is 4. The molecule has 3 aliphatic rings. The highest BCUT2D eigenvalue weighted by molar-refractivity contribution is 14.2. The van der Waals surface area contributed by atoms with Crippen molar-refractivity contribution in [2.45, 2.75) is 46.0 Å². The second-order valence-corrected chi connectivity index (χ2v) is 9.91. The van der Waals surface area contributed by atoms with Gasteiger partial charge in [-0.25, -0.2) is 18.7 Å². The monoisotopic (exact) mass is 602 g/mol. The number of nitrogens with one attached hydrogen (secondary N) is 1. The molecule has 3 saturated carbocycles. The first-order valence-electron chi connectivity index (χ1n) is 11.4. The Bertz CT molecular complexity index is 1140. The molecule has 0 saturated heterocycles. The predicted octanol–water partition coefficient (Wildman–Crippen LogP) is 7.19. The van der Waals surface area contributed by atoms with Gasteiger partial charge in [0, 0.05) is 54.5 Å². The lowest BCUT2D eigenvalue weighted by Crippen LogP contribution is -2.35. The van der Waals surface area contributed by atoms with Crippen molar-refractivity contribution in [3.8, 4) is 11.3 Å². The first-order valence-corrected chi connectivity index (χ1v) is 14.8. The van der Waals surface area contributed by atoms with Gasteiger partial charge in [-0.3, -0.25) is 8.77 Å². The van der Waals surface area contributed by atoms with Crippen LogP contribution < -0.4 is 5.32 Å². The number of carboxylic acids is 1. The highest BCUT2D eigenvalue weighted by Gasteiger charge is 2.39. The number of nitrogens with zero attached hydrogens (tertiary/aromatic N) is 3. The minimum Gasteiger partial charge on any atom is -0.481 e. The number of carboxylic acid groups (broad SMARTS) is 1. The van der Waals surface area contributed by atoms with Crippen molar-refractivity contribution < 1.29 is 18.7 Å². The molecule has 0 radical (unpaired) electrons. The molecular formula is C24H29F2IN4O2S. The Morgan fingerprint density at radius 3 is 2.47 bits per heavy atom. The lowest BCUT2D eigenvalue weighted by Gasteiger charge is -2.40. The molecule has 3 aromatic rings. The zero-order valence-corrected chi connectivity index (χ0v) is 22.4. The SMILES string of the molecule is CC.CNc1nc(-c2cn(SI)c3ncc(F)cc23)ccc1F.O=C(O)C1CC2CCC1CC2. The van der Waals surface area contributed by atoms with Crippen LogP contribution in [0, 0.1) is 29.4 Å². The van der Waals surface area contributed by atoms with E-state index in [-0.39, 0.29) is 11.7 Å². The topological polar surface area (TPSA) is 80.0 Å². The van der Waals surface area contributed by atoms with Gasteiger partial charge in [0.1, 0.15) is 5.82 Å². The number of halogens is 3. The molecule has 2 bridgehead atoms. The Hall–Kier alpha value is -1.95. The number of aliphatic carboxylic acids is 1. The second-order valence-electron chi connectivity index (χ2n) is 8.20. The van der Waals surface area contributed by atoms with E-state index in [1.807, 2.05) is 24.0 Å². The van der Waals surface area contributed by atoms with E-state index >= 15 is 0 Å². The summed E-state index contributed by atoms with van der Waals surface area (Å²) in [7, 11) is 3.01. The zero-order chi connectivity index (χ0) is 24.8. The van der Waals surface area contributed by atoms with Gasteiger partial charge in [-0.2, -0.15) is 0 Å². The van der Waals surface area contributed by atoms with E-state index in [0.717, 1.165) is 12.3 Å². The van der Waals surface area contributed by atoms with E-state index in [4.69, 9.17) is 5.11 Å². The Morgan fingerprint density at radius 2 is 1.94 bits per heavy atom. The van der Waals surface area contributed by atoms with Crippen LogP contribution in [0.2, 0.25) is 0 Å². The standard InChI is InChI=1S/C13H9F2IN4S.C9H14O2.C2H6/c1-17-12-10(15)2-3-11(19-12)9-6-20(21-16)13-8(9)4-7(14)5-18-13;10-9(11)8-5-6-1-3-7(8)4-2-6;1-2/h2-6H,1H3,(H,17,19);6-8H,1-5H2,(H,10,11);1-2H3. The van der Waals surface area contributed by atoms with Gasteiger partial charge in [-0.1, -0.05) is 26.7 Å². The van der Waals surface area contributed by atoms with Gasteiger partial charge >= 0.3 is 5.97 Å². The van der Waals surface area contributed by atoms with E-state index in [1.54, 1.807) is 13.1 Å². The van der Waals surface area contributed by atoms with Crippen LogP contribution in [-0.4, -0.2) is 32.1 Å². The largest absolute Gasteiger partial charge is 0.481 e. The van der Waals surface area contributed by atoms with E-state index in [0.29, 0.717) is 28.2 Å². The molecule has 34 heavy (non-hydrogen) atoms. The van der Waals surface area contributed by atoms with Crippen molar-refractivity contribution in [3.05, 3.63) is 42.2 Å². The van der Waals surface area contributed by atoms with E-state index < -0.39 is 17.6 Å². The van der Waals surface area contributed by atoms with Crippen LogP contribution in [0.4, 0.5) is 14.6 Å². The van der Waals surface area contributed by atoms with Gasteiger partial charge in [0.05, 0.1) is 17.8 Å². The Morgan fingerprint density at radius 1 is 1.24 bits per heavy atom. The van der Waals surface area contributed by atoms with Crippen molar-refractivity contribution in [1.82, 2.24) is 13.9 Å². The Labute approximate surface area is 214 Å². The summed E-state index contributed by atoms with van der Waals surface area (Å²) in [4.78, 5) is 19.1. The molecule has 6 nitrogen and oxygen atoms in total. The number of anilines is 1. The van der Waals surface area contributed by atoms with Crippen molar-refractivity contribution in [2.75, 3.05) is 12.4 Å². The van der Waals surface area contributed by atoms with Crippen LogP contribution in [0.3, 0.4) is 0 Å². The minimum absolute atomic E-state index is 0.00231. The minimum atomic E-state index is -0.556. The zero-order valence-electron chi connectivity index (χ0n) is 19.4. The fraction of sp³-hybridized carbons (Fsp3) is 0.458. The number of carbonyl (C=O) groups is 1. The summed E-state index contributed by atoms with van der Waals surface area (Å²) in [5.74, 6) is -0.00569. The highest BCUT2D eigenvalue weighted by Crippen LogP contribution is 2.44. The summed E-state index contributed by atoms with van der Waals surface area (Å²) in [5.41, 5.74) is 1.91. The molecule has 0 aromatic carbocycles. The highest BCUT2D eigenvalue weighted by atomic mass is 127. The van der Waals surface area contributed by atoms with Gasteiger partial charge in [-0.05, 0) is 49.3 Å². The molecular weight excluding hydrogens is 573 g/mol. The molecule has 1 atom stereocenters. The number of pyridine rings is 2. The van der Waals surface area contributed by atoms with E-state index in [1.165, 1.54) is 53.1 Å². The van der Waals surface area contributed by atoms with Gasteiger partial charge in [0.25, 0.3) is 0 Å². The molecule has 3 heterocycles. The number of hydrogen-bond donors (Lipinski definition) is 2. The van der Waals surface area contributed by atoms with Crippen LogP contribution in [-0.2, 0) is 4.79 Å². The summed E-state index contributed by atoms with van der Waals surface area (Å²) < 4.78 is 28.8. The molecule has 1 unspecified atom stereocenters. The predicted molar refractivity (Wildman–Crippen MR) is 142 cm³/mol. The van der Waals surface area contributed by atoms with Gasteiger partial charge in [0.15, 0.2) is 17.3 Å². The lowest BCUT2D eigenvalue weighted by molar-refractivity contribution is -0.147. The van der Waals surface area contributed by atoms with Crippen molar-refractivity contribution in [2.24, 2.45) is 17.8 Å². The third kappa shape index (κ3) is 5.81. The first-order chi connectivity index (χ1) is 16.4. The smallest absolute Gasteiger partial charge is 0.306 e. The molecule has 10 heteroatoms. The molecule has 6 rings (SSSR count). The summed E-state index contributed by atoms with van der Waals surface area (Å²) in [6.07, 6.45) is 8.85. The van der Waals surface area contributed by atoms with E-state index in [2.05, 4.69) is 36.5 Å². The third-order valence-corrected chi connectivity index (χ3v) is 8.08. The average Bonchev–Trinajstić information content (AvgIpc) is 3.24. The maximum absolute atomic E-state index is 13.5. The van der Waals surface area contributed by atoms with Crippen LogP contribution in [0.15, 0.2) is 30.6 Å². The van der Waals surface area contributed by atoms with Crippen molar-refractivity contribution in [3.63, 3.8) is 0 Å². The summed E-state index contributed by atoms with van der Waals surface area (Å²) in [6.45, 7) is 4.00. The summed E-state index contributed by atoms with van der Waals surface area (Å²) in [6, 6.07) is 4.31. The van der Waals surface area contributed by atoms with Gasteiger partial charge < -0.3 is 10.4 Å². The Kier molecular flexibility index (Phi) is 9.52. The van der Waals surface area contributed by atoms with E-state index in [9.17, 15) is 13.6 Å². The quantitative estimate of drug-likeness (QED) is 0.308. The molecule has 3 aromatic heterocycles.